The predicted octanol–water partition coefficient (Wildman–Crippen LogP) is -8.07. The van der Waals surface area contributed by atoms with Crippen LogP contribution >= 0.6 is 7.60 Å². The second kappa shape index (κ2) is 12.2. The molecule has 0 aromatic heterocycles. The molecule has 20 heteroatoms. The molecule has 3 aliphatic heterocycles. The first-order chi connectivity index (χ1) is 17.6. The molecule has 224 valence electrons. The largest absolute Gasteiger partial charge is 0.394 e. The van der Waals surface area contributed by atoms with Crippen molar-refractivity contribution >= 4 is 7.60 Å². The summed E-state index contributed by atoms with van der Waals surface area (Å²) in [4.78, 5) is 19.9. The van der Waals surface area contributed by atoms with Gasteiger partial charge in [-0.25, -0.2) is 0 Å². The molecule has 2 unspecified atom stereocenters. The smallest absolute Gasteiger partial charge is 0.387 e. The van der Waals surface area contributed by atoms with E-state index in [2.05, 4.69) is 0 Å². The lowest BCUT2D eigenvalue weighted by atomic mass is 9.96. The second-order valence-corrected chi connectivity index (χ2v) is 10.8. The van der Waals surface area contributed by atoms with Crippen LogP contribution in [0.5, 0.6) is 0 Å². The van der Waals surface area contributed by atoms with Gasteiger partial charge in [0.15, 0.2) is 12.6 Å². The minimum absolute atomic E-state index is 0.855. The Bertz CT molecular complexity index is 824. The molecule has 3 fully saturated rings. The van der Waals surface area contributed by atoms with Gasteiger partial charge in [0, 0.05) is 0 Å². The van der Waals surface area contributed by atoms with Crippen LogP contribution in [-0.4, -0.2) is 177 Å². The molecule has 19 nitrogen and oxygen atoms in total. The van der Waals surface area contributed by atoms with Crippen molar-refractivity contribution in [1.29, 1.82) is 0 Å². The molecule has 0 spiro atoms. The molecule has 3 heterocycles. The Morgan fingerprint density at radius 2 is 1.18 bits per heavy atom. The molecule has 0 aromatic rings. The first kappa shape index (κ1) is 32.0. The molecule has 0 saturated carbocycles. The van der Waals surface area contributed by atoms with Crippen molar-refractivity contribution in [3.8, 4) is 0 Å². The molecule has 3 rings (SSSR count). The van der Waals surface area contributed by atoms with Gasteiger partial charge in [-0.15, -0.1) is 0 Å². The number of hydrogen-bond donors (Lipinski definition) is 13. The van der Waals surface area contributed by atoms with Crippen LogP contribution in [0.3, 0.4) is 0 Å². The summed E-state index contributed by atoms with van der Waals surface area (Å²) in [6, 6.07) is 0. The molecule has 0 radical (unpaired) electrons. The summed E-state index contributed by atoms with van der Waals surface area (Å²) >= 11 is 0. The molecule has 0 aliphatic carbocycles. The first-order valence-corrected chi connectivity index (χ1v) is 12.9. The van der Waals surface area contributed by atoms with Crippen molar-refractivity contribution in [2.75, 3.05) is 19.8 Å². The van der Waals surface area contributed by atoms with E-state index in [0.29, 0.717) is 0 Å². The topological polar surface area (TPSA) is 326 Å². The zero-order chi connectivity index (χ0) is 28.7. The van der Waals surface area contributed by atoms with E-state index in [1.165, 1.54) is 0 Å². The van der Waals surface area contributed by atoms with E-state index in [1.54, 1.807) is 0 Å². The van der Waals surface area contributed by atoms with Crippen molar-refractivity contribution in [2.45, 2.75) is 91.4 Å². The maximum atomic E-state index is 12.4. The van der Waals surface area contributed by atoms with Gasteiger partial charge in [0.2, 0.25) is 0 Å². The van der Waals surface area contributed by atoms with Crippen molar-refractivity contribution in [2.24, 2.45) is 0 Å². The third kappa shape index (κ3) is 5.65. The van der Waals surface area contributed by atoms with E-state index in [4.69, 9.17) is 23.7 Å². The van der Waals surface area contributed by atoms with Gasteiger partial charge in [0.05, 0.1) is 19.8 Å². The maximum Gasteiger partial charge on any atom is 0.387 e. The fourth-order valence-corrected chi connectivity index (χ4v) is 5.46. The van der Waals surface area contributed by atoms with Crippen LogP contribution in [0.4, 0.5) is 0 Å². The Labute approximate surface area is 213 Å². The number of rotatable bonds is 8. The molecular weight excluding hydrogens is 551 g/mol. The highest BCUT2D eigenvalue weighted by Gasteiger charge is 2.67. The van der Waals surface area contributed by atoms with Crippen molar-refractivity contribution in [3.05, 3.63) is 0 Å². The highest BCUT2D eigenvalue weighted by atomic mass is 31.2. The zero-order valence-electron chi connectivity index (χ0n) is 19.4. The van der Waals surface area contributed by atoms with Gasteiger partial charge >= 0.3 is 13.1 Å². The summed E-state index contributed by atoms with van der Waals surface area (Å²) in [5, 5.41) is 110. The quantitative estimate of drug-likeness (QED) is 0.118. The average Bonchev–Trinajstić information content (AvgIpc) is 2.87. The van der Waals surface area contributed by atoms with Gasteiger partial charge in [-0.3, -0.25) is 4.57 Å². The normalized spacial score (nSPS) is 50.7. The highest BCUT2D eigenvalue weighted by Crippen LogP contribution is 2.58. The summed E-state index contributed by atoms with van der Waals surface area (Å²) in [6.45, 7) is -3.06. The number of ether oxygens (including phenoxy) is 5. The Morgan fingerprint density at radius 1 is 0.658 bits per heavy atom. The minimum Gasteiger partial charge on any atom is -0.394 e. The van der Waals surface area contributed by atoms with Gasteiger partial charge in [-0.05, 0) is 0 Å². The Hall–Kier alpha value is -0.490. The standard InChI is InChI=1S/C18H33O19P/c19-1-4-7(22)10(25)15(28)18(36-4,38(30,31)32)37-14-6(3-21)34-17(12(27)9(14)24)35-13-5(2-20)33-16(29)11(26)8(13)23/h4-17,19-29H,1-3H2,(H2,30,31,32)/t4-,5-,6-,7-,8-,9-,10+,11-,12-,13-,14-,15-,16+,17?,18?/m1/s1. The molecular formula is C18H33O19P. The van der Waals surface area contributed by atoms with Crippen molar-refractivity contribution < 1.29 is 94.2 Å². The van der Waals surface area contributed by atoms with Gasteiger partial charge < -0.3 is 89.6 Å². The molecule has 38 heavy (non-hydrogen) atoms. The molecule has 15 atom stereocenters. The lowest BCUT2D eigenvalue weighted by Gasteiger charge is -2.51. The average molecular weight is 584 g/mol. The van der Waals surface area contributed by atoms with Crippen LogP contribution in [0.2, 0.25) is 0 Å². The molecule has 3 aliphatic rings. The number of hydrogen-bond acceptors (Lipinski definition) is 17. The monoisotopic (exact) mass is 584 g/mol. The summed E-state index contributed by atoms with van der Waals surface area (Å²) in [5.41, 5.74) is -3.54. The van der Waals surface area contributed by atoms with Gasteiger partial charge in [-0.2, -0.15) is 0 Å². The Kier molecular flexibility index (Phi) is 10.3. The van der Waals surface area contributed by atoms with E-state index < -0.39 is 119 Å². The number of aliphatic hydroxyl groups is 11. The van der Waals surface area contributed by atoms with E-state index in [0.717, 1.165) is 0 Å². The van der Waals surface area contributed by atoms with Crippen LogP contribution in [0.15, 0.2) is 0 Å². The van der Waals surface area contributed by atoms with Crippen molar-refractivity contribution in [1.82, 2.24) is 0 Å². The fourth-order valence-electron chi connectivity index (χ4n) is 4.43. The third-order valence-electron chi connectivity index (χ3n) is 6.59. The second-order valence-electron chi connectivity index (χ2n) is 9.06. The molecule has 0 bridgehead atoms. The maximum absolute atomic E-state index is 12.4. The summed E-state index contributed by atoms with van der Waals surface area (Å²) in [6.07, 6.45) is -28.2. The van der Waals surface area contributed by atoms with E-state index in [9.17, 15) is 70.5 Å². The van der Waals surface area contributed by atoms with Crippen LogP contribution in [0.1, 0.15) is 0 Å². The van der Waals surface area contributed by atoms with Crippen molar-refractivity contribution in [3.63, 3.8) is 0 Å². The first-order valence-electron chi connectivity index (χ1n) is 11.3. The van der Waals surface area contributed by atoms with Crippen LogP contribution < -0.4 is 0 Å². The third-order valence-corrected chi connectivity index (χ3v) is 7.88. The predicted molar refractivity (Wildman–Crippen MR) is 112 cm³/mol. The lowest BCUT2D eigenvalue weighted by Crippen LogP contribution is -2.70. The fraction of sp³-hybridized carbons (Fsp3) is 1.00. The van der Waals surface area contributed by atoms with Gasteiger partial charge in [0.25, 0.3) is 0 Å². The van der Waals surface area contributed by atoms with E-state index in [-0.39, 0.29) is 0 Å². The Balaban J connectivity index is 1.88. The van der Waals surface area contributed by atoms with E-state index >= 15 is 0 Å². The van der Waals surface area contributed by atoms with Gasteiger partial charge in [0.1, 0.15) is 73.2 Å². The summed E-state index contributed by atoms with van der Waals surface area (Å²) in [5.74, 6) is 0. The molecule has 3 saturated heterocycles. The van der Waals surface area contributed by atoms with Gasteiger partial charge in [-0.1, -0.05) is 0 Å². The van der Waals surface area contributed by atoms with Crippen LogP contribution in [0, 0.1) is 0 Å². The minimum atomic E-state index is -5.84. The summed E-state index contributed by atoms with van der Waals surface area (Å²) in [7, 11) is -5.84. The SMILES string of the molecule is O=P(O)(O)C1(O[C@H]2[C@H](O)[C@@H](O)C(O[C@H]3[C@H](O)[C@@H](O)[C@@H](O)O[C@@H]3CO)O[C@@H]2CO)O[C@H](CO)[C@@H](O)[C@H](O)[C@H]1O. The van der Waals surface area contributed by atoms with E-state index in [1.807, 2.05) is 0 Å². The van der Waals surface area contributed by atoms with Crippen LogP contribution in [-0.2, 0) is 28.2 Å². The highest BCUT2D eigenvalue weighted by molar-refractivity contribution is 7.53. The molecule has 13 N–H and O–H groups in total. The Morgan fingerprint density at radius 3 is 1.71 bits per heavy atom. The lowest BCUT2D eigenvalue weighted by molar-refractivity contribution is -0.390. The summed E-state index contributed by atoms with van der Waals surface area (Å²) < 4.78 is 38.2. The van der Waals surface area contributed by atoms with Crippen LogP contribution in [0.25, 0.3) is 0 Å². The molecule has 0 aromatic carbocycles. The molecule has 0 amide bonds. The zero-order valence-corrected chi connectivity index (χ0v) is 20.3. The number of aliphatic hydroxyl groups excluding tert-OH is 11.